The van der Waals surface area contributed by atoms with Gasteiger partial charge in [-0.3, -0.25) is 0 Å². The zero-order valence-electron chi connectivity index (χ0n) is 8.97. The van der Waals surface area contributed by atoms with Crippen molar-refractivity contribution in [3.05, 3.63) is 29.9 Å². The van der Waals surface area contributed by atoms with Crippen molar-refractivity contribution in [2.45, 2.75) is 12.8 Å². The molecule has 2 bridgehead atoms. The predicted molar refractivity (Wildman–Crippen MR) is 60.2 cm³/mol. The second-order valence-corrected chi connectivity index (χ2v) is 4.29. The number of furan rings is 1. The summed E-state index contributed by atoms with van der Waals surface area (Å²) in [5, 5.41) is 12.6. The molecular weight excluding hydrogens is 204 g/mol. The van der Waals surface area contributed by atoms with E-state index in [1.54, 1.807) is 6.26 Å². The molecule has 3 fully saturated rings. The third-order valence-corrected chi connectivity index (χ3v) is 3.41. The van der Waals surface area contributed by atoms with E-state index in [0.29, 0.717) is 5.92 Å². The van der Waals surface area contributed by atoms with E-state index in [1.165, 1.54) is 0 Å². The highest BCUT2D eigenvalue weighted by Gasteiger charge is 2.35. The minimum Gasteiger partial charge on any atom is -0.465 e. The summed E-state index contributed by atoms with van der Waals surface area (Å²) < 4.78 is 5.30. The average Bonchev–Trinajstić information content (AvgIpc) is 2.83. The fourth-order valence-corrected chi connectivity index (χ4v) is 2.57. The van der Waals surface area contributed by atoms with E-state index in [9.17, 15) is 0 Å². The average molecular weight is 218 g/mol. The van der Waals surface area contributed by atoms with Crippen LogP contribution in [0.3, 0.4) is 0 Å². The molecule has 0 amide bonds. The lowest BCUT2D eigenvalue weighted by Crippen LogP contribution is -2.46. The van der Waals surface area contributed by atoms with Gasteiger partial charge in [-0.1, -0.05) is 5.16 Å². The Balaban J connectivity index is 1.99. The number of fused-ring (bicyclic) bond motifs is 3. The fourth-order valence-electron chi connectivity index (χ4n) is 2.57. The van der Waals surface area contributed by atoms with Crippen molar-refractivity contribution in [2.75, 3.05) is 13.1 Å². The first-order chi connectivity index (χ1) is 7.88. The van der Waals surface area contributed by atoms with Gasteiger partial charge in [-0.05, 0) is 25.0 Å². The largest absolute Gasteiger partial charge is 0.465 e. The molecule has 84 valence electrons. The van der Waals surface area contributed by atoms with Crippen molar-refractivity contribution >= 4 is 11.8 Å². The zero-order valence-corrected chi connectivity index (χ0v) is 8.97. The van der Waals surface area contributed by atoms with Gasteiger partial charge in [0, 0.05) is 25.1 Å². The number of piperidine rings is 3. The van der Waals surface area contributed by atoms with Gasteiger partial charge in [0.15, 0.2) is 0 Å². The van der Waals surface area contributed by atoms with Crippen LogP contribution in [0.5, 0.6) is 0 Å². The smallest absolute Gasteiger partial charge is 0.128 e. The second-order valence-electron chi connectivity index (χ2n) is 4.29. The SMILES string of the molecule is O/N=C1/C(=C\c2ccco2)N2CCC1CC2. The summed E-state index contributed by atoms with van der Waals surface area (Å²) in [6.45, 7) is 2.10. The van der Waals surface area contributed by atoms with Gasteiger partial charge in [-0.2, -0.15) is 0 Å². The molecule has 4 rings (SSSR count). The molecule has 0 atom stereocenters. The standard InChI is InChI=1S/C12H14N2O2/c15-13-12-9-3-5-14(6-4-9)11(12)8-10-2-1-7-16-10/h1-2,7-9,15H,3-6H2/b11-8+,13-12+. The first-order valence-electron chi connectivity index (χ1n) is 5.61. The lowest BCUT2D eigenvalue weighted by atomic mass is 9.84. The van der Waals surface area contributed by atoms with Crippen molar-refractivity contribution in [3.63, 3.8) is 0 Å². The van der Waals surface area contributed by atoms with Crippen LogP contribution in [0.2, 0.25) is 0 Å². The number of hydrogen-bond acceptors (Lipinski definition) is 4. The van der Waals surface area contributed by atoms with Crippen LogP contribution in [-0.2, 0) is 0 Å². The van der Waals surface area contributed by atoms with Crippen LogP contribution in [0, 0.1) is 5.92 Å². The van der Waals surface area contributed by atoms with Crippen molar-refractivity contribution in [3.8, 4) is 0 Å². The Labute approximate surface area is 93.8 Å². The summed E-state index contributed by atoms with van der Waals surface area (Å²) in [7, 11) is 0. The molecule has 3 aliphatic heterocycles. The lowest BCUT2D eigenvalue weighted by molar-refractivity contribution is 0.229. The van der Waals surface area contributed by atoms with E-state index in [1.807, 2.05) is 18.2 Å². The molecule has 4 nitrogen and oxygen atoms in total. The normalized spacial score (nSPS) is 25.9. The van der Waals surface area contributed by atoms with Crippen molar-refractivity contribution in [2.24, 2.45) is 11.1 Å². The first kappa shape index (κ1) is 9.51. The third-order valence-electron chi connectivity index (χ3n) is 3.41. The first-order valence-corrected chi connectivity index (χ1v) is 5.61. The van der Waals surface area contributed by atoms with E-state index in [4.69, 9.17) is 9.62 Å². The van der Waals surface area contributed by atoms with Gasteiger partial charge in [0.05, 0.1) is 12.0 Å². The maximum atomic E-state index is 9.10. The minimum atomic E-state index is 0.413. The predicted octanol–water partition coefficient (Wildman–Crippen LogP) is 2.18. The molecule has 1 aromatic heterocycles. The highest BCUT2D eigenvalue weighted by Crippen LogP contribution is 2.33. The molecule has 4 heterocycles. The van der Waals surface area contributed by atoms with Gasteiger partial charge in [0.1, 0.15) is 11.5 Å². The molecule has 4 heteroatoms. The summed E-state index contributed by atoms with van der Waals surface area (Å²) in [4.78, 5) is 2.26. The molecule has 0 aliphatic carbocycles. The maximum absolute atomic E-state index is 9.10. The topological polar surface area (TPSA) is 49.0 Å². The molecule has 1 N–H and O–H groups in total. The van der Waals surface area contributed by atoms with E-state index in [-0.39, 0.29) is 0 Å². The molecule has 0 aromatic carbocycles. The van der Waals surface area contributed by atoms with Crippen LogP contribution < -0.4 is 0 Å². The summed E-state index contributed by atoms with van der Waals surface area (Å²) in [5.41, 5.74) is 1.83. The molecular formula is C12H14N2O2. The van der Waals surface area contributed by atoms with Gasteiger partial charge in [-0.15, -0.1) is 0 Å². The highest BCUT2D eigenvalue weighted by atomic mass is 16.4. The van der Waals surface area contributed by atoms with Crippen molar-refractivity contribution < 1.29 is 9.62 Å². The Bertz CT molecular complexity index is 426. The quantitative estimate of drug-likeness (QED) is 0.580. The van der Waals surface area contributed by atoms with Crippen molar-refractivity contribution in [1.82, 2.24) is 4.90 Å². The van der Waals surface area contributed by atoms with Gasteiger partial charge in [0.25, 0.3) is 0 Å². The van der Waals surface area contributed by atoms with E-state index in [2.05, 4.69) is 10.1 Å². The Morgan fingerprint density at radius 2 is 2.25 bits per heavy atom. The van der Waals surface area contributed by atoms with Crippen molar-refractivity contribution in [1.29, 1.82) is 0 Å². The molecule has 0 spiro atoms. The van der Waals surface area contributed by atoms with Gasteiger partial charge < -0.3 is 14.5 Å². The van der Waals surface area contributed by atoms with Crippen LogP contribution in [0.15, 0.2) is 33.7 Å². The molecule has 3 saturated heterocycles. The van der Waals surface area contributed by atoms with Crippen LogP contribution >= 0.6 is 0 Å². The third kappa shape index (κ3) is 1.41. The molecule has 3 aliphatic rings. The Morgan fingerprint density at radius 1 is 1.44 bits per heavy atom. The molecule has 16 heavy (non-hydrogen) atoms. The number of hydrogen-bond donors (Lipinski definition) is 1. The van der Waals surface area contributed by atoms with Gasteiger partial charge in [-0.25, -0.2) is 0 Å². The Morgan fingerprint density at radius 3 is 2.88 bits per heavy atom. The van der Waals surface area contributed by atoms with Gasteiger partial charge in [0.2, 0.25) is 0 Å². The Hall–Kier alpha value is -1.71. The molecule has 0 radical (unpaired) electrons. The van der Waals surface area contributed by atoms with E-state index >= 15 is 0 Å². The van der Waals surface area contributed by atoms with E-state index < -0.39 is 0 Å². The number of allylic oxidation sites excluding steroid dienone is 1. The summed E-state index contributed by atoms with van der Waals surface area (Å²) in [6, 6.07) is 3.77. The molecule has 0 unspecified atom stereocenters. The second kappa shape index (κ2) is 3.70. The van der Waals surface area contributed by atoms with Crippen LogP contribution in [0.1, 0.15) is 18.6 Å². The lowest BCUT2D eigenvalue weighted by Gasteiger charge is -2.42. The summed E-state index contributed by atoms with van der Waals surface area (Å²) in [5.74, 6) is 1.22. The number of rotatable bonds is 1. The fraction of sp³-hybridized carbons (Fsp3) is 0.417. The summed E-state index contributed by atoms with van der Waals surface area (Å²) in [6.07, 6.45) is 5.79. The van der Waals surface area contributed by atoms with Crippen LogP contribution in [0.4, 0.5) is 0 Å². The Kier molecular flexibility index (Phi) is 2.20. The number of oxime groups is 1. The maximum Gasteiger partial charge on any atom is 0.128 e. The van der Waals surface area contributed by atoms with Crippen LogP contribution in [-0.4, -0.2) is 28.9 Å². The van der Waals surface area contributed by atoms with E-state index in [0.717, 1.165) is 43.1 Å². The monoisotopic (exact) mass is 218 g/mol. The molecule has 0 saturated carbocycles. The van der Waals surface area contributed by atoms with Gasteiger partial charge >= 0.3 is 0 Å². The zero-order chi connectivity index (χ0) is 11.0. The van der Waals surface area contributed by atoms with Crippen LogP contribution in [0.25, 0.3) is 6.08 Å². The summed E-state index contributed by atoms with van der Waals surface area (Å²) >= 11 is 0. The highest BCUT2D eigenvalue weighted by molar-refractivity contribution is 6.05. The number of nitrogens with zero attached hydrogens (tertiary/aromatic N) is 2. The minimum absolute atomic E-state index is 0.413. The molecule has 1 aromatic rings.